The molecule has 9 heteroatoms. The Bertz CT molecular complexity index is 1550. The number of amides is 1. The molecule has 0 spiro atoms. The summed E-state index contributed by atoms with van der Waals surface area (Å²) >= 11 is 0. The van der Waals surface area contributed by atoms with Crippen molar-refractivity contribution < 1.29 is 9.53 Å². The maximum atomic E-state index is 13.2. The van der Waals surface area contributed by atoms with Gasteiger partial charge in [0.15, 0.2) is 5.65 Å². The maximum Gasteiger partial charge on any atom is 0.264 e. The number of para-hydroxylation sites is 1. The van der Waals surface area contributed by atoms with E-state index in [1.54, 1.807) is 0 Å². The molecule has 0 radical (unpaired) electrons. The number of carbonyl (C=O) groups is 1. The molecule has 1 saturated carbocycles. The third-order valence-corrected chi connectivity index (χ3v) is 7.06. The fraction of sp³-hybridized carbons (Fsp3) is 0.276. The van der Waals surface area contributed by atoms with Gasteiger partial charge in [-0.05, 0) is 68.0 Å². The fourth-order valence-corrected chi connectivity index (χ4v) is 4.97. The lowest BCUT2D eigenvalue weighted by Gasteiger charge is -2.24. The number of aromatic nitrogens is 4. The number of rotatable bonds is 7. The average molecular weight is 506 g/mol. The Morgan fingerprint density at radius 2 is 1.84 bits per heavy atom. The zero-order valence-electron chi connectivity index (χ0n) is 20.8. The summed E-state index contributed by atoms with van der Waals surface area (Å²) in [6.07, 6.45) is 7.06. The van der Waals surface area contributed by atoms with E-state index in [9.17, 15) is 10.1 Å². The van der Waals surface area contributed by atoms with Crippen molar-refractivity contribution in [3.05, 3.63) is 72.6 Å². The maximum absolute atomic E-state index is 13.2. The van der Waals surface area contributed by atoms with Crippen LogP contribution in [0.15, 0.2) is 72.6 Å². The summed E-state index contributed by atoms with van der Waals surface area (Å²) in [6, 6.07) is 19.3. The van der Waals surface area contributed by atoms with Crippen LogP contribution in [0.3, 0.4) is 0 Å². The number of carbonyl (C=O) groups excluding carboxylic acids is 1. The highest BCUT2D eigenvalue weighted by Gasteiger charge is 2.33. The number of nitrogens with two attached hydrogens (primary N) is 1. The van der Waals surface area contributed by atoms with Crippen molar-refractivity contribution >= 4 is 22.8 Å². The van der Waals surface area contributed by atoms with E-state index >= 15 is 0 Å². The Labute approximate surface area is 220 Å². The Balaban J connectivity index is 1.29. The molecule has 2 fully saturated rings. The third kappa shape index (κ3) is 4.68. The van der Waals surface area contributed by atoms with Crippen LogP contribution in [0.4, 0.5) is 5.82 Å². The molecule has 2 aromatic heterocycles. The lowest BCUT2D eigenvalue weighted by Crippen LogP contribution is -2.39. The molecule has 38 heavy (non-hydrogen) atoms. The number of fused-ring (bicyclic) bond motifs is 1. The minimum atomic E-state index is -0.193. The summed E-state index contributed by atoms with van der Waals surface area (Å²) in [5.41, 5.74) is 8.69. The molecule has 1 atom stereocenters. The van der Waals surface area contributed by atoms with Crippen LogP contribution < -0.4 is 10.5 Å². The number of hydrogen-bond acceptors (Lipinski definition) is 7. The van der Waals surface area contributed by atoms with Crippen molar-refractivity contribution in [3.63, 3.8) is 0 Å². The first-order chi connectivity index (χ1) is 18.6. The van der Waals surface area contributed by atoms with E-state index in [-0.39, 0.29) is 17.5 Å². The normalized spacial score (nSPS) is 17.5. The monoisotopic (exact) mass is 505 g/mol. The van der Waals surface area contributed by atoms with Crippen molar-refractivity contribution in [3.8, 4) is 28.8 Å². The van der Waals surface area contributed by atoms with E-state index in [1.165, 1.54) is 6.33 Å². The summed E-state index contributed by atoms with van der Waals surface area (Å²) in [4.78, 5) is 23.7. The lowest BCUT2D eigenvalue weighted by molar-refractivity contribution is -0.127. The molecule has 3 heterocycles. The van der Waals surface area contributed by atoms with Crippen molar-refractivity contribution in [2.75, 3.05) is 12.3 Å². The number of likely N-dealkylation sites (tertiary alicyclic amines) is 1. The predicted octanol–water partition coefficient (Wildman–Crippen LogP) is 4.72. The first-order valence-corrected chi connectivity index (χ1v) is 12.8. The van der Waals surface area contributed by atoms with Crippen molar-refractivity contribution in [2.24, 2.45) is 5.92 Å². The molecular weight excluding hydrogens is 478 g/mol. The van der Waals surface area contributed by atoms with Gasteiger partial charge in [-0.2, -0.15) is 10.4 Å². The van der Waals surface area contributed by atoms with Crippen LogP contribution in [0, 0.1) is 17.2 Å². The van der Waals surface area contributed by atoms with Gasteiger partial charge in [-0.3, -0.25) is 4.79 Å². The Morgan fingerprint density at radius 3 is 2.58 bits per heavy atom. The second kappa shape index (κ2) is 9.98. The van der Waals surface area contributed by atoms with E-state index in [0.29, 0.717) is 47.3 Å². The predicted molar refractivity (Wildman–Crippen MR) is 143 cm³/mol. The van der Waals surface area contributed by atoms with Gasteiger partial charge >= 0.3 is 0 Å². The smallest absolute Gasteiger partial charge is 0.264 e. The fourth-order valence-electron chi connectivity index (χ4n) is 4.97. The van der Waals surface area contributed by atoms with Crippen LogP contribution >= 0.6 is 0 Å². The van der Waals surface area contributed by atoms with Gasteiger partial charge < -0.3 is 15.4 Å². The zero-order chi connectivity index (χ0) is 26.1. The van der Waals surface area contributed by atoms with E-state index in [1.807, 2.05) is 70.3 Å². The van der Waals surface area contributed by atoms with Crippen molar-refractivity contribution in [1.29, 1.82) is 5.26 Å². The second-order valence-corrected chi connectivity index (χ2v) is 9.75. The number of anilines is 1. The number of ether oxygens (including phenoxy) is 1. The molecule has 1 aliphatic heterocycles. The molecule has 2 N–H and O–H groups in total. The number of benzene rings is 2. The summed E-state index contributed by atoms with van der Waals surface area (Å²) in [7, 11) is 0. The van der Waals surface area contributed by atoms with Gasteiger partial charge in [0.2, 0.25) is 0 Å². The Morgan fingerprint density at radius 1 is 1.08 bits per heavy atom. The molecule has 4 aromatic rings. The van der Waals surface area contributed by atoms with Crippen molar-refractivity contribution in [1.82, 2.24) is 24.6 Å². The van der Waals surface area contributed by atoms with Gasteiger partial charge in [0, 0.05) is 12.1 Å². The summed E-state index contributed by atoms with van der Waals surface area (Å²) in [5.74, 6) is 1.98. The largest absolute Gasteiger partial charge is 0.457 e. The first-order valence-electron chi connectivity index (χ1n) is 12.8. The van der Waals surface area contributed by atoms with Crippen LogP contribution in [0.5, 0.6) is 11.5 Å². The summed E-state index contributed by atoms with van der Waals surface area (Å²) in [5, 5.41) is 15.2. The standard InChI is InChI=1S/C29H27N7O2/c30-16-21(15-19-8-9-19)29(37)35-14-4-5-22(35)17-36-28-25(27(31)32-18-33-28)26(34-36)20-10-12-24(13-11-20)38-23-6-2-1-3-7-23/h1-3,6-7,10-13,15,18-19,22H,4-5,8-9,14,17H2,(H2,31,32,33)/b21-15+/t22-/m1/s1. The zero-order valence-corrected chi connectivity index (χ0v) is 20.8. The quantitative estimate of drug-likeness (QED) is 0.285. The van der Waals surface area contributed by atoms with Gasteiger partial charge in [0.1, 0.15) is 41.0 Å². The van der Waals surface area contributed by atoms with Crippen LogP contribution in [-0.4, -0.2) is 43.1 Å². The first kappa shape index (κ1) is 23.7. The molecule has 190 valence electrons. The Hall–Kier alpha value is -4.71. The molecule has 1 amide bonds. The van der Waals surface area contributed by atoms with Gasteiger partial charge in [-0.15, -0.1) is 0 Å². The summed E-state index contributed by atoms with van der Waals surface area (Å²) in [6.45, 7) is 1.08. The van der Waals surface area contributed by atoms with Crippen LogP contribution in [0.25, 0.3) is 22.3 Å². The lowest BCUT2D eigenvalue weighted by atomic mass is 10.1. The second-order valence-electron chi connectivity index (χ2n) is 9.75. The number of nitrogens with zero attached hydrogens (tertiary/aromatic N) is 6. The highest BCUT2D eigenvalue weighted by atomic mass is 16.5. The topological polar surface area (TPSA) is 123 Å². The van der Waals surface area contributed by atoms with E-state index < -0.39 is 0 Å². The van der Waals surface area contributed by atoms with Gasteiger partial charge in [0.25, 0.3) is 5.91 Å². The van der Waals surface area contributed by atoms with E-state index in [2.05, 4.69) is 16.0 Å². The van der Waals surface area contributed by atoms with Gasteiger partial charge in [0.05, 0.1) is 18.0 Å². The molecule has 9 nitrogen and oxygen atoms in total. The summed E-state index contributed by atoms with van der Waals surface area (Å²) < 4.78 is 7.73. The highest BCUT2D eigenvalue weighted by molar-refractivity contribution is 5.99. The third-order valence-electron chi connectivity index (χ3n) is 7.06. The minimum absolute atomic E-state index is 0.0905. The molecule has 1 saturated heterocycles. The number of nitrogen functional groups attached to an aromatic ring is 1. The van der Waals surface area contributed by atoms with Crippen LogP contribution in [0.2, 0.25) is 0 Å². The minimum Gasteiger partial charge on any atom is -0.457 e. The van der Waals surface area contributed by atoms with E-state index in [4.69, 9.17) is 15.6 Å². The number of hydrogen-bond donors (Lipinski definition) is 1. The van der Waals surface area contributed by atoms with E-state index in [0.717, 1.165) is 37.0 Å². The number of nitriles is 1. The Kier molecular flexibility index (Phi) is 6.22. The molecule has 1 aliphatic carbocycles. The number of allylic oxidation sites excluding steroid dienone is 1. The molecule has 0 bridgehead atoms. The van der Waals surface area contributed by atoms with Gasteiger partial charge in [-0.25, -0.2) is 14.6 Å². The molecule has 2 aliphatic rings. The molecule has 6 rings (SSSR count). The SMILES string of the molecule is N#C/C(=C\C1CC1)C(=O)N1CCC[C@@H]1Cn1nc(-c2ccc(Oc3ccccc3)cc2)c2c(N)ncnc21. The molecule has 0 unspecified atom stereocenters. The van der Waals surface area contributed by atoms with Crippen LogP contribution in [-0.2, 0) is 11.3 Å². The van der Waals surface area contributed by atoms with Crippen LogP contribution in [0.1, 0.15) is 25.7 Å². The average Bonchev–Trinajstić information content (AvgIpc) is 3.52. The molecular formula is C29H27N7O2. The van der Waals surface area contributed by atoms with Crippen molar-refractivity contribution in [2.45, 2.75) is 38.3 Å². The highest BCUT2D eigenvalue weighted by Crippen LogP contribution is 2.34. The molecule has 2 aromatic carbocycles. The van der Waals surface area contributed by atoms with Gasteiger partial charge in [-0.1, -0.05) is 24.3 Å².